The van der Waals surface area contributed by atoms with E-state index in [9.17, 15) is 4.79 Å². The molecule has 0 N–H and O–H groups in total. The van der Waals surface area contributed by atoms with Crippen LogP contribution in [-0.4, -0.2) is 10.8 Å². The largest absolute Gasteiger partial charge is 0.323 e. The van der Waals surface area contributed by atoms with Crippen LogP contribution in [0.4, 0.5) is 0 Å². The quantitative estimate of drug-likeness (QED) is 0.654. The van der Waals surface area contributed by atoms with Gasteiger partial charge in [0.25, 0.3) is 5.91 Å². The third-order valence-electron chi connectivity index (χ3n) is 4.42. The minimum Gasteiger partial charge on any atom is -0.323 e. The molecule has 0 fully saturated rings. The fourth-order valence-electron chi connectivity index (χ4n) is 3.33. The molecule has 0 radical (unpaired) electrons. The molecule has 0 aromatic heterocycles. The molecule has 1 amide bonds. The summed E-state index contributed by atoms with van der Waals surface area (Å²) in [5.41, 5.74) is 3.94. The number of amides is 1. The second-order valence-electron chi connectivity index (χ2n) is 5.96. The Morgan fingerprint density at radius 2 is 1.54 bits per heavy atom. The lowest BCUT2D eigenvalue weighted by atomic mass is 9.98. The number of hydrogen-bond acceptors (Lipinski definition) is 1. The van der Waals surface area contributed by atoms with E-state index in [1.807, 2.05) is 65.6 Å². The Hall–Kier alpha value is -2.58. The smallest absolute Gasteiger partial charge is 0.255 e. The third kappa shape index (κ3) is 2.59. The first-order chi connectivity index (χ1) is 11.7. The van der Waals surface area contributed by atoms with Gasteiger partial charge in [-0.2, -0.15) is 0 Å². The molecule has 3 aromatic rings. The van der Waals surface area contributed by atoms with Gasteiger partial charge in [0.05, 0.1) is 6.04 Å². The first kappa shape index (κ1) is 15.0. The lowest BCUT2D eigenvalue weighted by molar-refractivity contribution is 0.0736. The highest BCUT2D eigenvalue weighted by Crippen LogP contribution is 2.40. The van der Waals surface area contributed by atoms with Crippen LogP contribution in [0.3, 0.4) is 0 Å². The first-order valence-electron chi connectivity index (χ1n) is 7.93. The summed E-state index contributed by atoms with van der Waals surface area (Å²) in [4.78, 5) is 14.9. The maximum absolute atomic E-state index is 13.0. The van der Waals surface area contributed by atoms with Crippen LogP contribution in [0.15, 0.2) is 78.9 Å². The highest BCUT2D eigenvalue weighted by Gasteiger charge is 2.37. The van der Waals surface area contributed by atoms with E-state index >= 15 is 0 Å². The third-order valence-corrected chi connectivity index (χ3v) is 4.66. The Kier molecular flexibility index (Phi) is 3.83. The Morgan fingerprint density at radius 3 is 2.25 bits per heavy atom. The van der Waals surface area contributed by atoms with E-state index in [0.717, 1.165) is 22.3 Å². The van der Waals surface area contributed by atoms with Crippen LogP contribution in [0.25, 0.3) is 0 Å². The van der Waals surface area contributed by atoms with Crippen LogP contribution in [0.5, 0.6) is 0 Å². The Morgan fingerprint density at radius 1 is 0.875 bits per heavy atom. The molecule has 0 aliphatic carbocycles. The predicted octanol–water partition coefficient (Wildman–Crippen LogP) is 5.09. The number of fused-ring (bicyclic) bond motifs is 1. The molecule has 3 heteroatoms. The second-order valence-corrected chi connectivity index (χ2v) is 6.40. The van der Waals surface area contributed by atoms with Crippen LogP contribution >= 0.6 is 11.6 Å². The average Bonchev–Trinajstić information content (AvgIpc) is 2.88. The molecule has 1 heterocycles. The summed E-state index contributed by atoms with van der Waals surface area (Å²) in [6.45, 7) is 0.575. The van der Waals surface area contributed by atoms with Crippen LogP contribution in [-0.2, 0) is 6.54 Å². The van der Waals surface area contributed by atoms with Gasteiger partial charge >= 0.3 is 0 Å². The monoisotopic (exact) mass is 333 g/mol. The van der Waals surface area contributed by atoms with Crippen molar-refractivity contribution in [2.75, 3.05) is 0 Å². The molecule has 1 aliphatic rings. The van der Waals surface area contributed by atoms with Gasteiger partial charge < -0.3 is 4.90 Å². The molecule has 0 bridgehead atoms. The molecule has 1 atom stereocenters. The first-order valence-corrected chi connectivity index (χ1v) is 8.31. The molecule has 24 heavy (non-hydrogen) atoms. The van der Waals surface area contributed by atoms with Gasteiger partial charge in [-0.1, -0.05) is 72.3 Å². The molecule has 2 nitrogen and oxygen atoms in total. The van der Waals surface area contributed by atoms with Crippen molar-refractivity contribution in [2.24, 2.45) is 0 Å². The summed E-state index contributed by atoms with van der Waals surface area (Å²) in [6, 6.07) is 25.6. The zero-order valence-electron chi connectivity index (χ0n) is 13.0. The highest BCUT2D eigenvalue weighted by atomic mass is 35.5. The Balaban J connectivity index is 1.81. The number of carbonyl (C=O) groups excluding carboxylic acids is 1. The maximum Gasteiger partial charge on any atom is 0.255 e. The average molecular weight is 334 g/mol. The minimum absolute atomic E-state index is 0.0550. The van der Waals surface area contributed by atoms with E-state index in [2.05, 4.69) is 12.1 Å². The molecule has 0 saturated carbocycles. The molecule has 1 unspecified atom stereocenters. The minimum atomic E-state index is -0.104. The number of nitrogens with zero attached hydrogens (tertiary/aromatic N) is 1. The van der Waals surface area contributed by atoms with Gasteiger partial charge in [0.2, 0.25) is 0 Å². The molecular formula is C21H16ClNO. The van der Waals surface area contributed by atoms with E-state index in [4.69, 9.17) is 11.6 Å². The van der Waals surface area contributed by atoms with Crippen LogP contribution < -0.4 is 0 Å². The summed E-state index contributed by atoms with van der Waals surface area (Å²) < 4.78 is 0. The maximum atomic E-state index is 13.0. The summed E-state index contributed by atoms with van der Waals surface area (Å²) in [7, 11) is 0. The fourth-order valence-corrected chi connectivity index (χ4v) is 3.51. The highest BCUT2D eigenvalue weighted by molar-refractivity contribution is 6.30. The Labute approximate surface area is 146 Å². The lowest BCUT2D eigenvalue weighted by Gasteiger charge is -2.26. The second kappa shape index (κ2) is 6.14. The van der Waals surface area contributed by atoms with Crippen molar-refractivity contribution >= 4 is 17.5 Å². The van der Waals surface area contributed by atoms with E-state index < -0.39 is 0 Å². The molecule has 3 aromatic carbocycles. The number of halogens is 1. The van der Waals surface area contributed by atoms with Gasteiger partial charge in [-0.3, -0.25) is 4.79 Å². The van der Waals surface area contributed by atoms with Crippen LogP contribution in [0.2, 0.25) is 5.02 Å². The fraction of sp³-hybridized carbons (Fsp3) is 0.0952. The standard InChI is InChI=1S/C21H16ClNO/c22-17-11-12-18-19(13-17)20(16-9-5-2-6-10-16)23(21(18)24)14-15-7-3-1-4-8-15/h1-13,20H,14H2. The van der Waals surface area contributed by atoms with Crippen molar-refractivity contribution in [1.82, 2.24) is 4.90 Å². The van der Waals surface area contributed by atoms with Gasteiger partial charge in [0.15, 0.2) is 0 Å². The van der Waals surface area contributed by atoms with Crippen molar-refractivity contribution in [1.29, 1.82) is 0 Å². The molecule has 0 spiro atoms. The number of benzene rings is 3. The molecule has 118 valence electrons. The van der Waals surface area contributed by atoms with Crippen LogP contribution in [0, 0.1) is 0 Å². The topological polar surface area (TPSA) is 20.3 Å². The SMILES string of the molecule is O=C1c2ccc(Cl)cc2C(c2ccccc2)N1Cc1ccccc1. The number of rotatable bonds is 3. The van der Waals surface area contributed by atoms with Crippen molar-refractivity contribution in [3.63, 3.8) is 0 Å². The zero-order valence-corrected chi connectivity index (χ0v) is 13.8. The summed E-state index contributed by atoms with van der Waals surface area (Å²) in [6.07, 6.45) is 0. The van der Waals surface area contributed by atoms with Gasteiger partial charge in [-0.15, -0.1) is 0 Å². The van der Waals surface area contributed by atoms with E-state index in [0.29, 0.717) is 11.6 Å². The molecular weight excluding hydrogens is 318 g/mol. The van der Waals surface area contributed by atoms with E-state index in [-0.39, 0.29) is 11.9 Å². The van der Waals surface area contributed by atoms with Crippen molar-refractivity contribution < 1.29 is 4.79 Å². The van der Waals surface area contributed by atoms with Gasteiger partial charge in [-0.05, 0) is 34.9 Å². The van der Waals surface area contributed by atoms with Crippen LogP contribution in [0.1, 0.15) is 33.1 Å². The van der Waals surface area contributed by atoms with Crippen molar-refractivity contribution in [3.8, 4) is 0 Å². The molecule has 1 aliphatic heterocycles. The summed E-state index contributed by atoms with van der Waals surface area (Å²) in [5.74, 6) is 0.0550. The normalized spacial score (nSPS) is 16.3. The summed E-state index contributed by atoms with van der Waals surface area (Å²) >= 11 is 6.20. The zero-order chi connectivity index (χ0) is 16.5. The number of carbonyl (C=O) groups is 1. The van der Waals surface area contributed by atoms with E-state index in [1.165, 1.54) is 0 Å². The van der Waals surface area contributed by atoms with E-state index in [1.54, 1.807) is 6.07 Å². The summed E-state index contributed by atoms with van der Waals surface area (Å²) in [5, 5.41) is 0.657. The van der Waals surface area contributed by atoms with Gasteiger partial charge in [-0.25, -0.2) is 0 Å². The van der Waals surface area contributed by atoms with Crippen molar-refractivity contribution in [3.05, 3.63) is 106 Å². The van der Waals surface area contributed by atoms with Gasteiger partial charge in [0.1, 0.15) is 0 Å². The lowest BCUT2D eigenvalue weighted by Crippen LogP contribution is -2.28. The molecule has 0 saturated heterocycles. The number of hydrogen-bond donors (Lipinski definition) is 0. The molecule has 4 rings (SSSR count). The predicted molar refractivity (Wildman–Crippen MR) is 96.1 cm³/mol. The van der Waals surface area contributed by atoms with Crippen molar-refractivity contribution in [2.45, 2.75) is 12.6 Å². The Bertz CT molecular complexity index is 877. The van der Waals surface area contributed by atoms with Gasteiger partial charge in [0, 0.05) is 17.1 Å².